The lowest BCUT2D eigenvalue weighted by Gasteiger charge is -2.15. The summed E-state index contributed by atoms with van der Waals surface area (Å²) in [6, 6.07) is 6.09. The molecule has 0 bridgehead atoms. The molecule has 0 radical (unpaired) electrons. The first kappa shape index (κ1) is 11.7. The Bertz CT molecular complexity index is 415. The fraction of sp³-hybridized carbons (Fsp3) is 0.400. The molecule has 0 aromatic heterocycles. The fourth-order valence-corrected chi connectivity index (χ4v) is 3.61. The smallest absolute Gasteiger partial charge is 0.255 e. The first-order valence-electron chi connectivity index (χ1n) is 4.79. The van der Waals surface area contributed by atoms with Gasteiger partial charge in [0, 0.05) is 15.7 Å². The molecule has 4 nitrogen and oxygen atoms in total. The van der Waals surface area contributed by atoms with E-state index in [1.807, 2.05) is 0 Å². The number of thioether (sulfide) groups is 1. The van der Waals surface area contributed by atoms with Crippen molar-refractivity contribution in [2.45, 2.75) is 17.4 Å². The maximum Gasteiger partial charge on any atom is 0.255 e. The van der Waals surface area contributed by atoms with E-state index in [1.54, 1.807) is 24.3 Å². The van der Waals surface area contributed by atoms with Gasteiger partial charge in [0.1, 0.15) is 11.4 Å². The van der Waals surface area contributed by atoms with E-state index in [-0.39, 0.29) is 5.25 Å². The molecule has 1 fully saturated rings. The van der Waals surface area contributed by atoms with Gasteiger partial charge in [0.05, 0.1) is 0 Å². The van der Waals surface area contributed by atoms with Gasteiger partial charge < -0.3 is 5.11 Å². The quantitative estimate of drug-likeness (QED) is 0.653. The Balaban J connectivity index is 2.34. The number of nitrogens with zero attached hydrogens (tertiary/aromatic N) is 1. The second-order valence-corrected chi connectivity index (χ2v) is 5.20. The molecule has 0 aliphatic carbocycles. The van der Waals surface area contributed by atoms with E-state index in [4.69, 9.17) is 11.6 Å². The third-order valence-corrected chi connectivity index (χ3v) is 4.38. The maximum atomic E-state index is 10.9. The highest BCUT2D eigenvalue weighted by Crippen LogP contribution is 2.43. The summed E-state index contributed by atoms with van der Waals surface area (Å²) in [4.78, 5) is 10.5. The Morgan fingerprint density at radius 3 is 2.81 bits per heavy atom. The zero-order valence-electron chi connectivity index (χ0n) is 8.25. The molecule has 1 aliphatic heterocycles. The van der Waals surface area contributed by atoms with Crippen LogP contribution in [0.15, 0.2) is 24.3 Å². The molecule has 1 saturated heterocycles. The van der Waals surface area contributed by atoms with Crippen LogP contribution in [-0.4, -0.2) is 27.9 Å². The number of nitro groups is 1. The normalized spacial score (nSPS) is 29.2. The van der Waals surface area contributed by atoms with Gasteiger partial charge in [0.15, 0.2) is 0 Å². The van der Waals surface area contributed by atoms with Crippen LogP contribution in [0.2, 0.25) is 5.02 Å². The number of hydrogen-bond acceptors (Lipinski definition) is 4. The highest BCUT2D eigenvalue weighted by molar-refractivity contribution is 7.99. The van der Waals surface area contributed by atoms with Gasteiger partial charge in [0.2, 0.25) is 0 Å². The van der Waals surface area contributed by atoms with Crippen molar-refractivity contribution >= 4 is 23.4 Å². The first-order valence-corrected chi connectivity index (χ1v) is 6.21. The molecule has 1 aromatic rings. The average molecular weight is 260 g/mol. The molecule has 1 aromatic carbocycles. The van der Waals surface area contributed by atoms with Gasteiger partial charge >= 0.3 is 0 Å². The lowest BCUT2D eigenvalue weighted by molar-refractivity contribution is -0.531. The third kappa shape index (κ3) is 2.03. The van der Waals surface area contributed by atoms with Crippen molar-refractivity contribution in [1.29, 1.82) is 0 Å². The number of rotatable bonds is 2. The summed E-state index contributed by atoms with van der Waals surface area (Å²) in [5, 5.41) is 20.6. The summed E-state index contributed by atoms with van der Waals surface area (Å²) < 4.78 is 0. The molecule has 1 N–H and O–H groups in total. The molecule has 1 aliphatic rings. The zero-order valence-corrected chi connectivity index (χ0v) is 9.82. The van der Waals surface area contributed by atoms with Crippen molar-refractivity contribution in [3.63, 3.8) is 0 Å². The van der Waals surface area contributed by atoms with Crippen LogP contribution in [0, 0.1) is 10.1 Å². The predicted molar refractivity (Wildman–Crippen MR) is 63.4 cm³/mol. The van der Waals surface area contributed by atoms with Gasteiger partial charge in [-0.1, -0.05) is 29.8 Å². The zero-order chi connectivity index (χ0) is 11.7. The molecule has 0 unspecified atom stereocenters. The second-order valence-electron chi connectivity index (χ2n) is 3.62. The number of aliphatic hydroxyl groups excluding tert-OH is 1. The van der Waals surface area contributed by atoms with Crippen LogP contribution >= 0.6 is 23.4 Å². The SMILES string of the molecule is O=[N+]([O-])[C@@H]1[C@H](O)CS[C@H]1c1ccccc1Cl. The van der Waals surface area contributed by atoms with Crippen LogP contribution in [-0.2, 0) is 0 Å². The Labute approximate surface area is 102 Å². The highest BCUT2D eigenvalue weighted by atomic mass is 35.5. The van der Waals surface area contributed by atoms with E-state index < -0.39 is 17.1 Å². The van der Waals surface area contributed by atoms with Crippen molar-refractivity contribution in [3.8, 4) is 0 Å². The summed E-state index contributed by atoms with van der Waals surface area (Å²) in [5.41, 5.74) is 0.729. The Morgan fingerprint density at radius 1 is 1.50 bits per heavy atom. The molecule has 0 amide bonds. The summed E-state index contributed by atoms with van der Waals surface area (Å²) in [5.74, 6) is 0.377. The van der Waals surface area contributed by atoms with Gasteiger partial charge in [-0.25, -0.2) is 0 Å². The maximum absolute atomic E-state index is 10.9. The van der Waals surface area contributed by atoms with Gasteiger partial charge in [0.25, 0.3) is 6.04 Å². The summed E-state index contributed by atoms with van der Waals surface area (Å²) in [7, 11) is 0. The second kappa shape index (κ2) is 4.61. The third-order valence-electron chi connectivity index (χ3n) is 2.61. The van der Waals surface area contributed by atoms with Gasteiger partial charge in [-0.05, 0) is 11.6 Å². The topological polar surface area (TPSA) is 63.4 Å². The largest absolute Gasteiger partial charge is 0.385 e. The lowest BCUT2D eigenvalue weighted by Crippen LogP contribution is -2.33. The Morgan fingerprint density at radius 2 is 2.19 bits per heavy atom. The minimum absolute atomic E-state index is 0.362. The van der Waals surface area contributed by atoms with Crippen molar-refractivity contribution in [2.75, 3.05) is 5.75 Å². The van der Waals surface area contributed by atoms with Crippen LogP contribution in [0.25, 0.3) is 0 Å². The van der Waals surface area contributed by atoms with Crippen molar-refractivity contribution in [1.82, 2.24) is 0 Å². The van der Waals surface area contributed by atoms with Crippen molar-refractivity contribution in [2.24, 2.45) is 0 Å². The standard InChI is InChI=1S/C10H10ClNO3S/c11-7-4-2-1-3-6(7)10-9(12(14)15)8(13)5-16-10/h1-4,8-10,13H,5H2/t8-,9-,10+/m1/s1. The summed E-state index contributed by atoms with van der Waals surface area (Å²) in [6.45, 7) is 0. The van der Waals surface area contributed by atoms with Crippen LogP contribution in [0.4, 0.5) is 0 Å². The number of halogens is 1. The summed E-state index contributed by atoms with van der Waals surface area (Å²) in [6.07, 6.45) is -0.902. The molecule has 0 saturated carbocycles. The molecular weight excluding hydrogens is 250 g/mol. The van der Waals surface area contributed by atoms with E-state index in [9.17, 15) is 15.2 Å². The minimum atomic E-state index is -0.968. The molecule has 6 heteroatoms. The number of hydrogen-bond donors (Lipinski definition) is 1. The lowest BCUT2D eigenvalue weighted by atomic mass is 10.0. The molecule has 1 heterocycles. The van der Waals surface area contributed by atoms with Crippen LogP contribution < -0.4 is 0 Å². The average Bonchev–Trinajstić information content (AvgIpc) is 2.61. The molecule has 0 spiro atoms. The van der Waals surface area contributed by atoms with Crippen LogP contribution in [0.1, 0.15) is 10.8 Å². The molecule has 2 rings (SSSR count). The van der Waals surface area contributed by atoms with Gasteiger partial charge in [-0.15, -0.1) is 11.8 Å². The van der Waals surface area contributed by atoms with Crippen LogP contribution in [0.5, 0.6) is 0 Å². The fourth-order valence-electron chi connectivity index (χ4n) is 1.83. The predicted octanol–water partition coefficient (Wildman–Crippen LogP) is 2.13. The van der Waals surface area contributed by atoms with Crippen molar-refractivity contribution in [3.05, 3.63) is 45.0 Å². The number of benzene rings is 1. The highest BCUT2D eigenvalue weighted by Gasteiger charge is 2.46. The molecule has 3 atom stereocenters. The van der Waals surface area contributed by atoms with Gasteiger partial charge in [-0.2, -0.15) is 0 Å². The minimum Gasteiger partial charge on any atom is -0.385 e. The van der Waals surface area contributed by atoms with E-state index in [2.05, 4.69) is 0 Å². The molecular formula is C10H10ClNO3S. The molecule has 16 heavy (non-hydrogen) atoms. The molecule has 86 valence electrons. The summed E-state index contributed by atoms with van der Waals surface area (Å²) >= 11 is 7.38. The van der Waals surface area contributed by atoms with E-state index in [1.165, 1.54) is 11.8 Å². The Kier molecular flexibility index (Phi) is 3.37. The first-order chi connectivity index (χ1) is 7.61. The van der Waals surface area contributed by atoms with E-state index in [0.29, 0.717) is 10.8 Å². The van der Waals surface area contributed by atoms with Crippen molar-refractivity contribution < 1.29 is 10.0 Å². The monoisotopic (exact) mass is 259 g/mol. The number of aliphatic hydroxyl groups is 1. The van der Waals surface area contributed by atoms with E-state index in [0.717, 1.165) is 5.56 Å². The van der Waals surface area contributed by atoms with Gasteiger partial charge in [-0.3, -0.25) is 10.1 Å². The van der Waals surface area contributed by atoms with Crippen LogP contribution in [0.3, 0.4) is 0 Å². The van der Waals surface area contributed by atoms with E-state index >= 15 is 0 Å². The Hall–Kier alpha value is -0.780.